The van der Waals surface area contributed by atoms with Crippen molar-refractivity contribution >= 4 is 11.6 Å². The van der Waals surface area contributed by atoms with E-state index in [4.69, 9.17) is 14.7 Å². The SMILES string of the molecule is COc1cc(CO)cc2c1OC(C(C)C)C(=O)N2CC#N. The van der Waals surface area contributed by atoms with Crippen molar-refractivity contribution in [3.63, 3.8) is 0 Å². The Morgan fingerprint density at radius 3 is 2.76 bits per heavy atom. The predicted molar refractivity (Wildman–Crippen MR) is 76.1 cm³/mol. The molecular formula is C15H18N2O4. The van der Waals surface area contributed by atoms with E-state index in [1.54, 1.807) is 12.1 Å². The van der Waals surface area contributed by atoms with Crippen LogP contribution in [0.15, 0.2) is 12.1 Å². The highest BCUT2D eigenvalue weighted by Crippen LogP contribution is 2.43. The number of ether oxygens (including phenoxy) is 2. The molecule has 1 N–H and O–H groups in total. The fraction of sp³-hybridized carbons (Fsp3) is 0.467. The number of hydrogen-bond acceptors (Lipinski definition) is 5. The quantitative estimate of drug-likeness (QED) is 0.849. The van der Waals surface area contributed by atoms with E-state index in [-0.39, 0.29) is 25.0 Å². The largest absolute Gasteiger partial charge is 0.493 e. The molecule has 1 aliphatic rings. The fourth-order valence-corrected chi connectivity index (χ4v) is 2.31. The maximum Gasteiger partial charge on any atom is 0.269 e. The third-order valence-corrected chi connectivity index (χ3v) is 3.38. The Hall–Kier alpha value is -2.26. The summed E-state index contributed by atoms with van der Waals surface area (Å²) in [5.74, 6) is 0.589. The average Bonchev–Trinajstić information content (AvgIpc) is 2.48. The normalized spacial score (nSPS) is 17.2. The van der Waals surface area contributed by atoms with Crippen molar-refractivity contribution in [1.82, 2.24) is 0 Å². The molecule has 0 saturated carbocycles. The number of hydrogen-bond donors (Lipinski definition) is 1. The number of fused-ring (bicyclic) bond motifs is 1. The minimum Gasteiger partial charge on any atom is -0.493 e. The molecule has 0 spiro atoms. The second-order valence-electron chi connectivity index (χ2n) is 5.17. The molecular weight excluding hydrogens is 272 g/mol. The summed E-state index contributed by atoms with van der Waals surface area (Å²) in [5, 5.41) is 18.3. The van der Waals surface area contributed by atoms with Gasteiger partial charge in [-0.05, 0) is 23.6 Å². The molecule has 1 aliphatic heterocycles. The van der Waals surface area contributed by atoms with Crippen LogP contribution in [0.4, 0.5) is 5.69 Å². The van der Waals surface area contributed by atoms with Crippen LogP contribution in [0.1, 0.15) is 19.4 Å². The summed E-state index contributed by atoms with van der Waals surface area (Å²) in [5.41, 5.74) is 1.05. The lowest BCUT2D eigenvalue weighted by atomic mass is 10.0. The number of carbonyl (C=O) groups is 1. The van der Waals surface area contributed by atoms with Crippen molar-refractivity contribution in [2.24, 2.45) is 5.92 Å². The molecule has 0 fully saturated rings. The molecule has 1 aromatic rings. The molecule has 1 aromatic carbocycles. The second kappa shape index (κ2) is 6.02. The van der Waals surface area contributed by atoms with Crippen LogP contribution in [-0.2, 0) is 11.4 Å². The van der Waals surface area contributed by atoms with E-state index >= 15 is 0 Å². The van der Waals surface area contributed by atoms with Gasteiger partial charge in [-0.1, -0.05) is 13.8 Å². The van der Waals surface area contributed by atoms with Crippen molar-refractivity contribution in [1.29, 1.82) is 5.26 Å². The van der Waals surface area contributed by atoms with Crippen molar-refractivity contribution < 1.29 is 19.4 Å². The van der Waals surface area contributed by atoms with Gasteiger partial charge in [0.2, 0.25) is 0 Å². The first-order valence-electron chi connectivity index (χ1n) is 6.70. The molecule has 6 nitrogen and oxygen atoms in total. The van der Waals surface area contributed by atoms with E-state index in [0.29, 0.717) is 22.7 Å². The number of amides is 1. The number of carbonyl (C=O) groups excluding carboxylic acids is 1. The highest BCUT2D eigenvalue weighted by Gasteiger charge is 2.38. The molecule has 1 unspecified atom stereocenters. The van der Waals surface area contributed by atoms with Gasteiger partial charge in [-0.3, -0.25) is 9.69 Å². The Morgan fingerprint density at radius 2 is 2.24 bits per heavy atom. The molecule has 2 rings (SSSR count). The molecule has 1 atom stereocenters. The van der Waals surface area contributed by atoms with Crippen LogP contribution in [0.25, 0.3) is 0 Å². The fourth-order valence-electron chi connectivity index (χ4n) is 2.31. The summed E-state index contributed by atoms with van der Waals surface area (Å²) < 4.78 is 11.1. The van der Waals surface area contributed by atoms with Gasteiger partial charge < -0.3 is 14.6 Å². The van der Waals surface area contributed by atoms with E-state index in [0.717, 1.165) is 0 Å². The van der Waals surface area contributed by atoms with E-state index in [1.807, 2.05) is 19.9 Å². The van der Waals surface area contributed by atoms with Gasteiger partial charge in [-0.15, -0.1) is 0 Å². The van der Waals surface area contributed by atoms with Crippen molar-refractivity contribution in [3.05, 3.63) is 17.7 Å². The standard InChI is InChI=1S/C15H18N2O4/c1-9(2)13-15(19)17(5-4-16)11-6-10(8-18)7-12(20-3)14(11)21-13/h6-7,9,13,18H,5,8H2,1-3H3. The molecule has 1 heterocycles. The van der Waals surface area contributed by atoms with Gasteiger partial charge in [0.25, 0.3) is 5.91 Å². The summed E-state index contributed by atoms with van der Waals surface area (Å²) in [6, 6.07) is 5.30. The first-order valence-corrected chi connectivity index (χ1v) is 6.70. The summed E-state index contributed by atoms with van der Waals surface area (Å²) in [4.78, 5) is 13.8. The maximum atomic E-state index is 12.5. The summed E-state index contributed by atoms with van der Waals surface area (Å²) in [7, 11) is 1.50. The first-order chi connectivity index (χ1) is 10.0. The van der Waals surface area contributed by atoms with Crippen LogP contribution < -0.4 is 14.4 Å². The van der Waals surface area contributed by atoms with Gasteiger partial charge >= 0.3 is 0 Å². The number of nitriles is 1. The predicted octanol–water partition coefficient (Wildman–Crippen LogP) is 1.46. The number of methoxy groups -OCH3 is 1. The van der Waals surface area contributed by atoms with Crippen LogP contribution in [0.2, 0.25) is 0 Å². The molecule has 1 amide bonds. The van der Waals surface area contributed by atoms with Gasteiger partial charge in [-0.2, -0.15) is 5.26 Å². The van der Waals surface area contributed by atoms with Gasteiger partial charge in [-0.25, -0.2) is 0 Å². The number of rotatable bonds is 4. The monoisotopic (exact) mass is 290 g/mol. The number of nitrogens with zero attached hydrogens (tertiary/aromatic N) is 2. The molecule has 0 radical (unpaired) electrons. The van der Waals surface area contributed by atoms with Crippen LogP contribution >= 0.6 is 0 Å². The molecule has 21 heavy (non-hydrogen) atoms. The minimum absolute atomic E-state index is 0.0333. The summed E-state index contributed by atoms with van der Waals surface area (Å²) >= 11 is 0. The highest BCUT2D eigenvalue weighted by molar-refractivity contribution is 6.01. The minimum atomic E-state index is -0.653. The molecule has 0 aliphatic carbocycles. The van der Waals surface area contributed by atoms with Gasteiger partial charge in [0.1, 0.15) is 6.54 Å². The third-order valence-electron chi connectivity index (χ3n) is 3.38. The van der Waals surface area contributed by atoms with E-state index in [2.05, 4.69) is 0 Å². The van der Waals surface area contributed by atoms with E-state index in [1.165, 1.54) is 12.0 Å². The molecule has 0 saturated heterocycles. The number of aliphatic hydroxyl groups is 1. The van der Waals surface area contributed by atoms with E-state index in [9.17, 15) is 9.90 Å². The van der Waals surface area contributed by atoms with Crippen LogP contribution in [-0.4, -0.2) is 30.8 Å². The number of benzene rings is 1. The lowest BCUT2D eigenvalue weighted by Crippen LogP contribution is -2.48. The summed E-state index contributed by atoms with van der Waals surface area (Å²) in [6.07, 6.45) is -0.653. The second-order valence-corrected chi connectivity index (χ2v) is 5.17. The van der Waals surface area contributed by atoms with Gasteiger partial charge in [0.05, 0.1) is 25.5 Å². The van der Waals surface area contributed by atoms with Crippen molar-refractivity contribution in [2.75, 3.05) is 18.6 Å². The molecule has 0 bridgehead atoms. The average molecular weight is 290 g/mol. The zero-order valence-corrected chi connectivity index (χ0v) is 12.3. The molecule has 112 valence electrons. The Labute approximate surface area is 123 Å². The zero-order valence-electron chi connectivity index (χ0n) is 12.3. The van der Waals surface area contributed by atoms with Gasteiger partial charge in [0.15, 0.2) is 17.6 Å². The highest BCUT2D eigenvalue weighted by atomic mass is 16.5. The zero-order chi connectivity index (χ0) is 15.6. The number of anilines is 1. The topological polar surface area (TPSA) is 82.8 Å². The summed E-state index contributed by atoms with van der Waals surface area (Å²) in [6.45, 7) is 3.50. The lowest BCUT2D eigenvalue weighted by molar-refractivity contribution is -0.128. The molecule has 0 aromatic heterocycles. The first kappa shape index (κ1) is 15.1. The van der Waals surface area contributed by atoms with E-state index < -0.39 is 6.10 Å². The Bertz CT molecular complexity index is 592. The lowest BCUT2D eigenvalue weighted by Gasteiger charge is -2.35. The Morgan fingerprint density at radius 1 is 1.52 bits per heavy atom. The number of aliphatic hydroxyl groups excluding tert-OH is 1. The Kier molecular flexibility index (Phi) is 4.34. The van der Waals surface area contributed by atoms with Crippen molar-refractivity contribution in [3.8, 4) is 17.6 Å². The van der Waals surface area contributed by atoms with Crippen molar-refractivity contribution in [2.45, 2.75) is 26.6 Å². The molecule has 6 heteroatoms. The van der Waals surface area contributed by atoms with Gasteiger partial charge in [0, 0.05) is 0 Å². The van der Waals surface area contributed by atoms with Crippen LogP contribution in [0.5, 0.6) is 11.5 Å². The van der Waals surface area contributed by atoms with Crippen LogP contribution in [0, 0.1) is 17.2 Å². The maximum absolute atomic E-state index is 12.5. The smallest absolute Gasteiger partial charge is 0.269 e. The third kappa shape index (κ3) is 2.65. The van der Waals surface area contributed by atoms with Crippen LogP contribution in [0.3, 0.4) is 0 Å². The Balaban J connectivity index is 2.60.